The fraction of sp³-hybridized carbons (Fsp3) is 0.300. The van der Waals surface area contributed by atoms with Crippen LogP contribution in [0.15, 0.2) is 18.3 Å². The summed E-state index contributed by atoms with van der Waals surface area (Å²) in [5.41, 5.74) is -1.87. The van der Waals surface area contributed by atoms with Crippen LogP contribution in [-0.4, -0.2) is 46.3 Å². The normalized spacial score (nSPS) is 18.2. The summed E-state index contributed by atoms with van der Waals surface area (Å²) < 4.78 is 70.4. The summed E-state index contributed by atoms with van der Waals surface area (Å²) in [5.74, 6) is -2.67. The Labute approximate surface area is 186 Å². The van der Waals surface area contributed by atoms with Crippen LogP contribution in [0.2, 0.25) is 0 Å². The number of benzene rings is 1. The summed E-state index contributed by atoms with van der Waals surface area (Å²) >= 11 is 0.931. The predicted molar refractivity (Wildman–Crippen MR) is 113 cm³/mol. The summed E-state index contributed by atoms with van der Waals surface area (Å²) in [7, 11) is 2.87. The van der Waals surface area contributed by atoms with Gasteiger partial charge in [0.05, 0.1) is 29.0 Å². The number of nitrogens with zero attached hydrogens (tertiary/aromatic N) is 4. The van der Waals surface area contributed by atoms with Crippen LogP contribution in [0.1, 0.15) is 12.0 Å². The summed E-state index contributed by atoms with van der Waals surface area (Å²) in [4.78, 5) is 21.9. The maximum absolute atomic E-state index is 15.2. The van der Waals surface area contributed by atoms with Crippen molar-refractivity contribution in [1.29, 1.82) is 0 Å². The van der Waals surface area contributed by atoms with Gasteiger partial charge in [0, 0.05) is 25.0 Å². The highest BCUT2D eigenvalue weighted by Crippen LogP contribution is 2.46. The van der Waals surface area contributed by atoms with Crippen LogP contribution in [0.3, 0.4) is 0 Å². The number of anilines is 2. The van der Waals surface area contributed by atoms with E-state index in [2.05, 4.69) is 25.5 Å². The lowest BCUT2D eigenvalue weighted by atomic mass is 9.97. The summed E-state index contributed by atoms with van der Waals surface area (Å²) in [6.07, 6.45) is -4.84. The molecule has 4 aromatic rings. The van der Waals surface area contributed by atoms with Crippen molar-refractivity contribution in [1.82, 2.24) is 20.2 Å². The molecule has 0 saturated heterocycles. The minimum absolute atomic E-state index is 0.0556. The zero-order chi connectivity index (χ0) is 23.7. The second-order valence-corrected chi connectivity index (χ2v) is 8.83. The first kappa shape index (κ1) is 21.5. The van der Waals surface area contributed by atoms with Gasteiger partial charge >= 0.3 is 6.18 Å². The van der Waals surface area contributed by atoms with E-state index >= 15 is 4.39 Å². The van der Waals surface area contributed by atoms with Crippen LogP contribution in [0.5, 0.6) is 0 Å². The van der Waals surface area contributed by atoms with Crippen molar-refractivity contribution in [3.05, 3.63) is 29.7 Å². The molecule has 33 heavy (non-hydrogen) atoms. The van der Waals surface area contributed by atoms with E-state index in [0.717, 1.165) is 11.3 Å². The Bertz CT molecular complexity index is 1410. The fourth-order valence-electron chi connectivity index (χ4n) is 3.72. The Hall–Kier alpha value is -3.35. The molecule has 172 valence electrons. The molecule has 0 unspecified atom stereocenters. The molecule has 0 bridgehead atoms. The number of amides is 1. The van der Waals surface area contributed by atoms with E-state index in [9.17, 15) is 22.4 Å². The Kier molecular flexibility index (Phi) is 4.78. The van der Waals surface area contributed by atoms with E-state index in [1.807, 2.05) is 0 Å². The average Bonchev–Trinajstić information content (AvgIpc) is 3.10. The Morgan fingerprint density at radius 2 is 2.00 bits per heavy atom. The van der Waals surface area contributed by atoms with Crippen molar-refractivity contribution >= 4 is 49.3 Å². The maximum Gasteiger partial charge on any atom is 0.419 e. The number of rotatable bonds is 4. The summed E-state index contributed by atoms with van der Waals surface area (Å²) in [6.45, 7) is 0. The molecular weight excluding hydrogens is 467 g/mol. The quantitative estimate of drug-likeness (QED) is 0.410. The van der Waals surface area contributed by atoms with Crippen molar-refractivity contribution < 1.29 is 26.7 Å². The molecule has 1 aromatic carbocycles. The number of aromatic amines is 1. The molecule has 13 heteroatoms. The number of fused-ring (bicyclic) bond motifs is 2. The Balaban J connectivity index is 1.67. The number of hydrogen-bond donors (Lipinski definition) is 2. The van der Waals surface area contributed by atoms with Gasteiger partial charge in [-0.2, -0.15) is 18.3 Å². The molecule has 1 aliphatic rings. The number of thiazole rings is 1. The number of carbonyl (C=O) groups is 1. The van der Waals surface area contributed by atoms with Crippen molar-refractivity contribution in [3.8, 4) is 11.3 Å². The van der Waals surface area contributed by atoms with Gasteiger partial charge < -0.3 is 10.2 Å². The molecule has 1 saturated carbocycles. The minimum Gasteiger partial charge on any atom is -0.374 e. The molecule has 1 fully saturated rings. The zero-order valence-corrected chi connectivity index (χ0v) is 17.9. The molecular formula is C20H15F5N6OS. The predicted octanol–water partition coefficient (Wildman–Crippen LogP) is 4.76. The van der Waals surface area contributed by atoms with Crippen molar-refractivity contribution in [3.63, 3.8) is 0 Å². The van der Waals surface area contributed by atoms with Crippen LogP contribution >= 0.6 is 11.3 Å². The van der Waals surface area contributed by atoms with Gasteiger partial charge in [0.25, 0.3) is 0 Å². The van der Waals surface area contributed by atoms with E-state index in [-0.39, 0.29) is 38.7 Å². The molecule has 0 radical (unpaired) electrons. The van der Waals surface area contributed by atoms with E-state index in [1.165, 1.54) is 37.3 Å². The van der Waals surface area contributed by atoms with Gasteiger partial charge in [-0.05, 0) is 18.6 Å². The molecule has 2 N–H and O–H groups in total. The number of alkyl halides is 4. The Morgan fingerprint density at radius 1 is 1.27 bits per heavy atom. The number of H-pyrrole nitrogens is 1. The molecule has 5 rings (SSSR count). The van der Waals surface area contributed by atoms with Gasteiger partial charge in [0.15, 0.2) is 10.9 Å². The molecule has 3 aromatic heterocycles. The van der Waals surface area contributed by atoms with Gasteiger partial charge in [-0.15, -0.1) is 0 Å². The monoisotopic (exact) mass is 482 g/mol. The number of nitrogens with one attached hydrogen (secondary N) is 2. The smallest absolute Gasteiger partial charge is 0.374 e. The fourth-order valence-corrected chi connectivity index (χ4v) is 4.57. The van der Waals surface area contributed by atoms with Crippen LogP contribution in [-0.2, 0) is 11.0 Å². The number of aromatic nitrogens is 4. The zero-order valence-electron chi connectivity index (χ0n) is 17.1. The van der Waals surface area contributed by atoms with Crippen molar-refractivity contribution in [2.75, 3.05) is 24.3 Å². The largest absolute Gasteiger partial charge is 0.419 e. The highest BCUT2D eigenvalue weighted by atomic mass is 32.1. The Morgan fingerprint density at radius 3 is 2.64 bits per heavy atom. The van der Waals surface area contributed by atoms with Gasteiger partial charge in [-0.1, -0.05) is 11.3 Å². The number of pyridine rings is 1. The third-order valence-corrected chi connectivity index (χ3v) is 6.23. The molecule has 0 spiro atoms. The van der Waals surface area contributed by atoms with Gasteiger partial charge in [0.2, 0.25) is 5.91 Å². The van der Waals surface area contributed by atoms with E-state index in [4.69, 9.17) is 0 Å². The molecule has 1 amide bonds. The molecule has 3 heterocycles. The number of carbonyl (C=O) groups excluding carboxylic acids is 1. The van der Waals surface area contributed by atoms with E-state index < -0.39 is 41.1 Å². The van der Waals surface area contributed by atoms with Crippen LogP contribution < -0.4 is 10.2 Å². The van der Waals surface area contributed by atoms with E-state index in [1.54, 1.807) is 0 Å². The van der Waals surface area contributed by atoms with Gasteiger partial charge in [0.1, 0.15) is 22.1 Å². The molecule has 7 nitrogen and oxygen atoms in total. The second kappa shape index (κ2) is 7.33. The lowest BCUT2D eigenvalue weighted by molar-refractivity contribution is -0.139. The lowest BCUT2D eigenvalue weighted by Crippen LogP contribution is -2.18. The molecule has 1 aliphatic carbocycles. The first-order valence-electron chi connectivity index (χ1n) is 9.72. The molecule has 0 aliphatic heterocycles. The standard InChI is InChI=1S/C20H15F5N6OS/c1-31(2)16-14(22)13(20(23,24)25)12(8-6-26-30-15(8)16)10-3-4-11-18(27-10)33-19(28-11)29-17(32)7-5-9(7)21/h3-4,6-7,9H,5H2,1-2H3,(H,26,30)(H,28,29,32)/t7-,9+/m1/s1. The number of hydrogen-bond acceptors (Lipinski definition) is 6. The third-order valence-electron chi connectivity index (χ3n) is 5.34. The van der Waals surface area contributed by atoms with Crippen LogP contribution in [0, 0.1) is 11.7 Å². The summed E-state index contributed by atoms with van der Waals surface area (Å²) in [5, 5.41) is 9.10. The first-order chi connectivity index (χ1) is 15.6. The minimum atomic E-state index is -5.01. The average molecular weight is 482 g/mol. The molecule has 2 atom stereocenters. The highest BCUT2D eigenvalue weighted by Gasteiger charge is 2.44. The van der Waals surface area contributed by atoms with Crippen LogP contribution in [0.25, 0.3) is 32.5 Å². The maximum atomic E-state index is 15.2. The lowest BCUT2D eigenvalue weighted by Gasteiger charge is -2.21. The summed E-state index contributed by atoms with van der Waals surface area (Å²) in [6, 6.07) is 2.74. The van der Waals surface area contributed by atoms with Crippen molar-refractivity contribution in [2.45, 2.75) is 18.8 Å². The third kappa shape index (κ3) is 3.56. The highest BCUT2D eigenvalue weighted by molar-refractivity contribution is 7.22. The SMILES string of the molecule is CN(C)c1c(F)c(C(F)(F)F)c(-c2ccc3nc(NC(=O)[C@@H]4C[C@@H]4F)sc3n2)c2cn[nH]c12. The van der Waals surface area contributed by atoms with E-state index in [0.29, 0.717) is 5.52 Å². The topological polar surface area (TPSA) is 86.8 Å². The second-order valence-electron chi connectivity index (χ2n) is 7.85. The van der Waals surface area contributed by atoms with Gasteiger partial charge in [-0.25, -0.2) is 18.7 Å². The number of halogens is 5. The van der Waals surface area contributed by atoms with Gasteiger partial charge in [-0.3, -0.25) is 9.89 Å². The van der Waals surface area contributed by atoms with Crippen molar-refractivity contribution in [2.24, 2.45) is 5.92 Å². The first-order valence-corrected chi connectivity index (χ1v) is 10.5. The van der Waals surface area contributed by atoms with Crippen LogP contribution in [0.4, 0.5) is 32.8 Å².